The molecule has 5 heteroatoms. The average molecular weight is 285 g/mol. The third-order valence-electron chi connectivity index (χ3n) is 3.36. The number of carbonyl (C=O) groups excluding carboxylic acids is 1. The highest BCUT2D eigenvalue weighted by Gasteiger charge is 2.24. The average Bonchev–Trinajstić information content (AvgIpc) is 2.71. The quantitative estimate of drug-likeness (QED) is 0.837. The molecule has 0 spiro atoms. The van der Waals surface area contributed by atoms with Crippen molar-refractivity contribution >= 4 is 18.5 Å². The molecule has 1 aliphatic carbocycles. The van der Waals surface area contributed by atoms with E-state index in [0.29, 0.717) is 11.8 Å². The minimum atomic E-state index is -0.339. The first-order valence-corrected chi connectivity index (χ1v) is 6.17. The topological polar surface area (TPSA) is 32.8 Å². The molecule has 0 bridgehead atoms. The lowest BCUT2D eigenvalue weighted by molar-refractivity contribution is 0.172. The molecule has 2 rings (SSSR count). The summed E-state index contributed by atoms with van der Waals surface area (Å²) in [4.78, 5) is 15.2. The number of rotatable bonds is 2. The van der Waals surface area contributed by atoms with Crippen LogP contribution < -0.4 is 4.74 Å². The van der Waals surface area contributed by atoms with Crippen LogP contribution in [0.5, 0.6) is 5.75 Å². The van der Waals surface area contributed by atoms with Gasteiger partial charge in [-0.05, 0) is 50.2 Å². The number of halogens is 1. The van der Waals surface area contributed by atoms with Gasteiger partial charge in [0.25, 0.3) is 0 Å². The summed E-state index contributed by atoms with van der Waals surface area (Å²) in [5, 5.41) is 0. The highest BCUT2D eigenvalue weighted by molar-refractivity contribution is 5.85. The van der Waals surface area contributed by atoms with Gasteiger partial charge in [0.2, 0.25) is 0 Å². The van der Waals surface area contributed by atoms with Crippen LogP contribution in [0.4, 0.5) is 4.79 Å². The van der Waals surface area contributed by atoms with Gasteiger partial charge in [-0.15, -0.1) is 12.4 Å². The maximum Gasteiger partial charge on any atom is 0.414 e. The van der Waals surface area contributed by atoms with Gasteiger partial charge in [0.15, 0.2) is 0 Å². The number of amides is 1. The lowest BCUT2D eigenvalue weighted by atomic mass is 10.1. The summed E-state index contributed by atoms with van der Waals surface area (Å²) in [5.41, 5.74) is 2.64. The molecule has 19 heavy (non-hydrogen) atoms. The van der Waals surface area contributed by atoms with Crippen molar-refractivity contribution in [1.82, 2.24) is 9.80 Å². The van der Waals surface area contributed by atoms with Crippen molar-refractivity contribution in [3.8, 4) is 5.75 Å². The standard InChI is InChI=1S/C14H20N2O2.ClH/c1-15(2)13-8-6-10-5-7-11(9-12(10)13)18-14(17)16(3)4;/h5,7,9,13H,6,8H2,1-4H3;1H. The Labute approximate surface area is 120 Å². The molecule has 106 valence electrons. The number of hydrogen-bond donors (Lipinski definition) is 0. The van der Waals surface area contributed by atoms with Crippen LogP contribution in [0.25, 0.3) is 0 Å². The number of aryl methyl sites for hydroxylation is 1. The summed E-state index contributed by atoms with van der Waals surface area (Å²) < 4.78 is 5.30. The zero-order valence-electron chi connectivity index (χ0n) is 11.8. The van der Waals surface area contributed by atoms with Gasteiger partial charge in [0.05, 0.1) is 0 Å². The van der Waals surface area contributed by atoms with Gasteiger partial charge in [0, 0.05) is 20.1 Å². The Balaban J connectivity index is 0.00000180. The van der Waals surface area contributed by atoms with Crippen molar-refractivity contribution in [3.05, 3.63) is 29.3 Å². The van der Waals surface area contributed by atoms with Crippen LogP contribution in [0, 0.1) is 0 Å². The van der Waals surface area contributed by atoms with E-state index in [0.717, 1.165) is 12.8 Å². The Morgan fingerprint density at radius 2 is 1.95 bits per heavy atom. The number of fused-ring (bicyclic) bond motifs is 1. The molecular weight excluding hydrogens is 264 g/mol. The van der Waals surface area contributed by atoms with Crippen LogP contribution in [0.1, 0.15) is 23.6 Å². The lowest BCUT2D eigenvalue weighted by Crippen LogP contribution is -2.25. The van der Waals surface area contributed by atoms with Crippen LogP contribution >= 0.6 is 12.4 Å². The monoisotopic (exact) mass is 284 g/mol. The Morgan fingerprint density at radius 1 is 1.26 bits per heavy atom. The molecule has 0 saturated carbocycles. The smallest absolute Gasteiger partial charge is 0.410 e. The molecule has 1 aliphatic rings. The fraction of sp³-hybridized carbons (Fsp3) is 0.500. The second kappa shape index (κ2) is 6.26. The van der Waals surface area contributed by atoms with Crippen molar-refractivity contribution in [2.75, 3.05) is 28.2 Å². The molecule has 1 aromatic carbocycles. The summed E-state index contributed by atoms with van der Waals surface area (Å²) in [7, 11) is 7.52. The van der Waals surface area contributed by atoms with Crippen LogP contribution in [0.3, 0.4) is 0 Å². The Hall–Kier alpha value is -1.26. The van der Waals surface area contributed by atoms with Gasteiger partial charge in [-0.1, -0.05) is 6.07 Å². The summed E-state index contributed by atoms with van der Waals surface area (Å²) in [6, 6.07) is 6.36. The Kier molecular flexibility index (Phi) is 5.20. The van der Waals surface area contributed by atoms with Crippen molar-refractivity contribution in [3.63, 3.8) is 0 Å². The molecule has 0 fully saturated rings. The van der Waals surface area contributed by atoms with E-state index in [1.165, 1.54) is 16.0 Å². The molecule has 4 nitrogen and oxygen atoms in total. The molecule has 1 amide bonds. The largest absolute Gasteiger partial charge is 0.414 e. The summed E-state index contributed by atoms with van der Waals surface area (Å²) in [6.45, 7) is 0. The summed E-state index contributed by atoms with van der Waals surface area (Å²) in [6.07, 6.45) is 1.89. The highest BCUT2D eigenvalue weighted by Crippen LogP contribution is 2.36. The van der Waals surface area contributed by atoms with E-state index < -0.39 is 0 Å². The van der Waals surface area contributed by atoms with Crippen LogP contribution in [0.2, 0.25) is 0 Å². The van der Waals surface area contributed by atoms with Gasteiger partial charge >= 0.3 is 6.09 Å². The van der Waals surface area contributed by atoms with E-state index in [1.807, 2.05) is 12.1 Å². The van der Waals surface area contributed by atoms with Gasteiger partial charge < -0.3 is 14.5 Å². The minimum Gasteiger partial charge on any atom is -0.410 e. The van der Waals surface area contributed by atoms with Crippen LogP contribution in [-0.4, -0.2) is 44.1 Å². The number of nitrogens with zero attached hydrogens (tertiary/aromatic N) is 2. The molecular formula is C14H21ClN2O2. The minimum absolute atomic E-state index is 0. The fourth-order valence-electron chi connectivity index (χ4n) is 2.35. The zero-order valence-corrected chi connectivity index (χ0v) is 12.7. The Morgan fingerprint density at radius 3 is 2.53 bits per heavy atom. The van der Waals surface area contributed by atoms with E-state index in [4.69, 9.17) is 4.74 Å². The van der Waals surface area contributed by atoms with Gasteiger partial charge in [-0.25, -0.2) is 4.79 Å². The number of ether oxygens (including phenoxy) is 1. The number of benzene rings is 1. The molecule has 0 heterocycles. The van der Waals surface area contributed by atoms with E-state index in [9.17, 15) is 4.79 Å². The van der Waals surface area contributed by atoms with E-state index in [1.54, 1.807) is 14.1 Å². The highest BCUT2D eigenvalue weighted by atomic mass is 35.5. The van der Waals surface area contributed by atoms with E-state index in [2.05, 4.69) is 25.1 Å². The molecule has 0 radical (unpaired) electrons. The first-order chi connectivity index (χ1) is 8.49. The fourth-order valence-corrected chi connectivity index (χ4v) is 2.35. The van der Waals surface area contributed by atoms with E-state index >= 15 is 0 Å². The van der Waals surface area contributed by atoms with Gasteiger partial charge in [-0.2, -0.15) is 0 Å². The zero-order chi connectivity index (χ0) is 13.3. The van der Waals surface area contributed by atoms with E-state index in [-0.39, 0.29) is 18.5 Å². The lowest BCUT2D eigenvalue weighted by Gasteiger charge is -2.20. The molecule has 1 unspecified atom stereocenters. The Bertz CT molecular complexity index is 461. The van der Waals surface area contributed by atoms with Crippen molar-refractivity contribution in [1.29, 1.82) is 0 Å². The van der Waals surface area contributed by atoms with Crippen molar-refractivity contribution in [2.24, 2.45) is 0 Å². The third-order valence-corrected chi connectivity index (χ3v) is 3.36. The number of hydrogen-bond acceptors (Lipinski definition) is 3. The normalized spacial score (nSPS) is 16.8. The van der Waals surface area contributed by atoms with Gasteiger partial charge in [-0.3, -0.25) is 0 Å². The van der Waals surface area contributed by atoms with Crippen molar-refractivity contribution in [2.45, 2.75) is 18.9 Å². The summed E-state index contributed by atoms with van der Waals surface area (Å²) >= 11 is 0. The van der Waals surface area contributed by atoms with Crippen molar-refractivity contribution < 1.29 is 9.53 Å². The summed E-state index contributed by atoms with van der Waals surface area (Å²) in [5.74, 6) is 0.626. The molecule has 1 atom stereocenters. The SMILES string of the molecule is CN(C)C(=O)Oc1ccc2c(c1)C(N(C)C)CC2.Cl. The first kappa shape index (κ1) is 15.8. The van der Waals surface area contributed by atoms with Crippen LogP contribution in [0.15, 0.2) is 18.2 Å². The molecule has 0 N–H and O–H groups in total. The second-order valence-corrected chi connectivity index (χ2v) is 5.14. The molecule has 0 saturated heterocycles. The van der Waals surface area contributed by atoms with Gasteiger partial charge in [0.1, 0.15) is 5.75 Å². The maximum absolute atomic E-state index is 11.5. The molecule has 0 aliphatic heterocycles. The van der Waals surface area contributed by atoms with Crippen LogP contribution in [-0.2, 0) is 6.42 Å². The predicted molar refractivity (Wildman–Crippen MR) is 78.2 cm³/mol. The second-order valence-electron chi connectivity index (χ2n) is 5.14. The number of carbonyl (C=O) groups is 1. The molecule has 1 aromatic rings. The first-order valence-electron chi connectivity index (χ1n) is 6.17. The molecule has 0 aromatic heterocycles. The third kappa shape index (κ3) is 3.39. The maximum atomic E-state index is 11.5. The predicted octanol–water partition coefficient (Wildman–Crippen LogP) is 2.72.